The number of benzene rings is 1. The van der Waals surface area contributed by atoms with Gasteiger partial charge in [0.15, 0.2) is 0 Å². The summed E-state index contributed by atoms with van der Waals surface area (Å²) in [5.74, 6) is -0.109. The highest BCUT2D eigenvalue weighted by Crippen LogP contribution is 2.15. The Labute approximate surface area is 76.8 Å². The van der Waals surface area contributed by atoms with Gasteiger partial charge in [0, 0.05) is 18.2 Å². The monoisotopic (exact) mass is 177 g/mol. The molecule has 68 valence electrons. The van der Waals surface area contributed by atoms with Crippen LogP contribution < -0.4 is 5.32 Å². The number of rotatable bonds is 2. The first-order valence-corrected chi connectivity index (χ1v) is 3.97. The van der Waals surface area contributed by atoms with E-state index in [1.165, 1.54) is 6.92 Å². The molecule has 1 aromatic carbocycles. The van der Waals surface area contributed by atoms with Crippen LogP contribution in [0.3, 0.4) is 0 Å². The normalized spacial score (nSPS) is 9.38. The molecular formula is C10H11NO2. The molecule has 0 fully saturated rings. The molecule has 0 saturated heterocycles. The molecule has 1 aromatic rings. The second kappa shape index (κ2) is 3.85. The highest BCUT2D eigenvalue weighted by molar-refractivity contribution is 5.90. The fraction of sp³-hybridized carbons (Fsp3) is 0.200. The molecule has 0 heterocycles. The van der Waals surface area contributed by atoms with Gasteiger partial charge < -0.3 is 5.32 Å². The fourth-order valence-electron chi connectivity index (χ4n) is 1.09. The predicted octanol–water partition coefficient (Wildman–Crippen LogP) is 1.77. The number of aryl methyl sites for hydroxylation is 1. The second-order valence-corrected chi connectivity index (χ2v) is 2.87. The maximum absolute atomic E-state index is 10.7. The summed E-state index contributed by atoms with van der Waals surface area (Å²) in [6.07, 6.45) is 0.782. The summed E-state index contributed by atoms with van der Waals surface area (Å²) in [6, 6.07) is 5.13. The second-order valence-electron chi connectivity index (χ2n) is 2.87. The Balaban J connectivity index is 2.98. The number of carbonyl (C=O) groups excluding carboxylic acids is 2. The van der Waals surface area contributed by atoms with Crippen LogP contribution in [0.5, 0.6) is 0 Å². The number of anilines is 1. The molecule has 0 spiro atoms. The van der Waals surface area contributed by atoms with E-state index in [9.17, 15) is 9.59 Å². The summed E-state index contributed by atoms with van der Waals surface area (Å²) >= 11 is 0. The molecule has 0 bridgehead atoms. The third-order valence-electron chi connectivity index (χ3n) is 1.70. The average Bonchev–Trinajstić information content (AvgIpc) is 2.08. The topological polar surface area (TPSA) is 46.2 Å². The first kappa shape index (κ1) is 9.45. The number of amides is 1. The Morgan fingerprint density at radius 1 is 1.46 bits per heavy atom. The molecule has 3 nitrogen and oxygen atoms in total. The number of carbonyl (C=O) groups is 2. The van der Waals surface area contributed by atoms with Crippen molar-refractivity contribution in [3.63, 3.8) is 0 Å². The molecule has 1 amide bonds. The summed E-state index contributed by atoms with van der Waals surface area (Å²) in [5.41, 5.74) is 2.25. The van der Waals surface area contributed by atoms with Gasteiger partial charge in [-0.2, -0.15) is 0 Å². The Kier molecular flexibility index (Phi) is 2.80. The Morgan fingerprint density at radius 2 is 2.15 bits per heavy atom. The SMILES string of the molecule is CC(=O)Nc1ccc(C=O)cc1C. The van der Waals surface area contributed by atoms with Crippen LogP contribution in [0.4, 0.5) is 5.69 Å². The van der Waals surface area contributed by atoms with Crippen molar-refractivity contribution in [1.82, 2.24) is 0 Å². The quantitative estimate of drug-likeness (QED) is 0.700. The molecule has 1 rings (SSSR count). The van der Waals surface area contributed by atoms with E-state index >= 15 is 0 Å². The van der Waals surface area contributed by atoms with Crippen molar-refractivity contribution in [3.8, 4) is 0 Å². The minimum atomic E-state index is -0.109. The predicted molar refractivity (Wildman–Crippen MR) is 50.9 cm³/mol. The lowest BCUT2D eigenvalue weighted by Gasteiger charge is -2.05. The molecule has 1 N–H and O–H groups in total. The van der Waals surface area contributed by atoms with E-state index in [2.05, 4.69) is 5.32 Å². The van der Waals surface area contributed by atoms with Gasteiger partial charge in [0.25, 0.3) is 0 Å². The number of aldehydes is 1. The summed E-state index contributed by atoms with van der Waals surface area (Å²) in [7, 11) is 0. The zero-order valence-corrected chi connectivity index (χ0v) is 7.63. The molecule has 0 saturated carbocycles. The van der Waals surface area contributed by atoms with Crippen LogP contribution in [0.1, 0.15) is 22.8 Å². The van der Waals surface area contributed by atoms with Gasteiger partial charge in [0.2, 0.25) is 5.91 Å². The maximum atomic E-state index is 10.7. The first-order valence-electron chi connectivity index (χ1n) is 3.97. The minimum absolute atomic E-state index is 0.109. The zero-order valence-electron chi connectivity index (χ0n) is 7.63. The van der Waals surface area contributed by atoms with Crippen molar-refractivity contribution in [3.05, 3.63) is 29.3 Å². The lowest BCUT2D eigenvalue weighted by atomic mass is 10.1. The van der Waals surface area contributed by atoms with Crippen molar-refractivity contribution in [1.29, 1.82) is 0 Å². The minimum Gasteiger partial charge on any atom is -0.326 e. The van der Waals surface area contributed by atoms with Crippen molar-refractivity contribution in [2.45, 2.75) is 13.8 Å². The Hall–Kier alpha value is -1.64. The van der Waals surface area contributed by atoms with Crippen molar-refractivity contribution >= 4 is 17.9 Å². The lowest BCUT2D eigenvalue weighted by Crippen LogP contribution is -2.07. The van der Waals surface area contributed by atoms with E-state index < -0.39 is 0 Å². The number of nitrogens with one attached hydrogen (secondary N) is 1. The molecule has 0 aromatic heterocycles. The molecule has 0 atom stereocenters. The number of hydrogen-bond acceptors (Lipinski definition) is 2. The molecular weight excluding hydrogens is 166 g/mol. The molecule has 0 aliphatic carbocycles. The van der Waals surface area contributed by atoms with Gasteiger partial charge in [-0.25, -0.2) is 0 Å². The van der Waals surface area contributed by atoms with E-state index in [4.69, 9.17) is 0 Å². The van der Waals surface area contributed by atoms with E-state index in [-0.39, 0.29) is 5.91 Å². The standard InChI is InChI=1S/C10H11NO2/c1-7-5-9(6-12)3-4-10(7)11-8(2)13/h3-6H,1-2H3,(H,11,13). The fourth-order valence-corrected chi connectivity index (χ4v) is 1.09. The van der Waals surface area contributed by atoms with Crippen LogP contribution in [-0.2, 0) is 4.79 Å². The van der Waals surface area contributed by atoms with E-state index in [1.54, 1.807) is 18.2 Å². The smallest absolute Gasteiger partial charge is 0.221 e. The van der Waals surface area contributed by atoms with Gasteiger partial charge in [0.1, 0.15) is 6.29 Å². The van der Waals surface area contributed by atoms with E-state index in [0.717, 1.165) is 17.5 Å². The lowest BCUT2D eigenvalue weighted by molar-refractivity contribution is -0.114. The summed E-state index contributed by atoms with van der Waals surface area (Å²) in [6.45, 7) is 3.30. The number of hydrogen-bond donors (Lipinski definition) is 1. The van der Waals surface area contributed by atoms with Crippen LogP contribution in [0.25, 0.3) is 0 Å². The van der Waals surface area contributed by atoms with Crippen molar-refractivity contribution in [2.24, 2.45) is 0 Å². The van der Waals surface area contributed by atoms with Crippen LogP contribution in [0.15, 0.2) is 18.2 Å². The molecule has 0 radical (unpaired) electrons. The Bertz CT molecular complexity index is 345. The molecule has 3 heteroatoms. The van der Waals surface area contributed by atoms with Crippen LogP contribution >= 0.6 is 0 Å². The maximum Gasteiger partial charge on any atom is 0.221 e. The summed E-state index contributed by atoms with van der Waals surface area (Å²) in [5, 5.41) is 2.67. The third-order valence-corrected chi connectivity index (χ3v) is 1.70. The van der Waals surface area contributed by atoms with Crippen LogP contribution in [0.2, 0.25) is 0 Å². The highest BCUT2D eigenvalue weighted by atomic mass is 16.1. The van der Waals surface area contributed by atoms with Gasteiger partial charge in [-0.1, -0.05) is 0 Å². The van der Waals surface area contributed by atoms with E-state index in [0.29, 0.717) is 5.56 Å². The summed E-state index contributed by atoms with van der Waals surface area (Å²) < 4.78 is 0. The molecule has 0 aliphatic heterocycles. The Morgan fingerprint density at radius 3 is 2.62 bits per heavy atom. The van der Waals surface area contributed by atoms with Gasteiger partial charge >= 0.3 is 0 Å². The van der Waals surface area contributed by atoms with Gasteiger partial charge in [-0.3, -0.25) is 9.59 Å². The molecule has 0 unspecified atom stereocenters. The van der Waals surface area contributed by atoms with Crippen LogP contribution in [-0.4, -0.2) is 12.2 Å². The average molecular weight is 177 g/mol. The van der Waals surface area contributed by atoms with Crippen LogP contribution in [0, 0.1) is 6.92 Å². The highest BCUT2D eigenvalue weighted by Gasteiger charge is 2.00. The van der Waals surface area contributed by atoms with Gasteiger partial charge in [-0.15, -0.1) is 0 Å². The van der Waals surface area contributed by atoms with Gasteiger partial charge in [-0.05, 0) is 30.7 Å². The van der Waals surface area contributed by atoms with Gasteiger partial charge in [0.05, 0.1) is 0 Å². The zero-order chi connectivity index (χ0) is 9.84. The first-order chi connectivity index (χ1) is 6.13. The van der Waals surface area contributed by atoms with E-state index in [1.807, 2.05) is 6.92 Å². The molecule has 0 aliphatic rings. The summed E-state index contributed by atoms with van der Waals surface area (Å²) in [4.78, 5) is 21.1. The molecule has 13 heavy (non-hydrogen) atoms. The van der Waals surface area contributed by atoms with Crippen molar-refractivity contribution in [2.75, 3.05) is 5.32 Å². The third kappa shape index (κ3) is 2.40. The largest absolute Gasteiger partial charge is 0.326 e. The van der Waals surface area contributed by atoms with Crippen molar-refractivity contribution < 1.29 is 9.59 Å².